The second-order valence-corrected chi connectivity index (χ2v) is 8.59. The van der Waals surface area contributed by atoms with Crippen molar-refractivity contribution in [3.63, 3.8) is 0 Å². The average molecular weight is 396 g/mol. The first kappa shape index (κ1) is 17.7. The SMILES string of the molecule is CSc1nn2c(-c3ccncc3)cc(C)nc2c1S(=O)(=O)c1ccccc1. The Labute approximate surface area is 161 Å². The molecule has 0 N–H and O–H groups in total. The Hall–Kier alpha value is -2.71. The summed E-state index contributed by atoms with van der Waals surface area (Å²) in [6.07, 6.45) is 5.19. The summed E-state index contributed by atoms with van der Waals surface area (Å²) in [6.45, 7) is 1.84. The molecule has 1 aromatic carbocycles. The lowest BCUT2D eigenvalue weighted by Gasteiger charge is -2.07. The summed E-state index contributed by atoms with van der Waals surface area (Å²) in [7, 11) is -3.76. The molecular formula is C19H16N4O2S2. The van der Waals surface area contributed by atoms with E-state index in [1.807, 2.05) is 31.4 Å². The van der Waals surface area contributed by atoms with Crippen molar-refractivity contribution < 1.29 is 8.42 Å². The molecule has 0 aliphatic rings. The van der Waals surface area contributed by atoms with Gasteiger partial charge < -0.3 is 0 Å². The number of sulfone groups is 1. The topological polar surface area (TPSA) is 77.2 Å². The number of benzene rings is 1. The molecule has 4 rings (SSSR count). The highest BCUT2D eigenvalue weighted by atomic mass is 32.2. The molecule has 0 aliphatic carbocycles. The van der Waals surface area contributed by atoms with Gasteiger partial charge in [-0.25, -0.2) is 17.9 Å². The summed E-state index contributed by atoms with van der Waals surface area (Å²) >= 11 is 1.29. The van der Waals surface area contributed by atoms with Crippen molar-refractivity contribution in [3.8, 4) is 11.3 Å². The van der Waals surface area contributed by atoms with Crippen molar-refractivity contribution in [1.82, 2.24) is 19.6 Å². The minimum atomic E-state index is -3.76. The standard InChI is InChI=1S/C19H16N4O2S2/c1-13-12-16(14-8-10-20-11-9-14)23-18(21-13)17(19(22-23)26-2)27(24,25)15-6-4-3-5-7-15/h3-12H,1-2H3. The van der Waals surface area contributed by atoms with Crippen LogP contribution in [0.2, 0.25) is 0 Å². The lowest BCUT2D eigenvalue weighted by atomic mass is 10.2. The predicted molar refractivity (Wildman–Crippen MR) is 105 cm³/mol. The zero-order valence-electron chi connectivity index (χ0n) is 14.7. The van der Waals surface area contributed by atoms with Crippen LogP contribution >= 0.6 is 11.8 Å². The van der Waals surface area contributed by atoms with Crippen LogP contribution in [0.1, 0.15) is 5.69 Å². The Morgan fingerprint density at radius 1 is 1.04 bits per heavy atom. The molecule has 0 radical (unpaired) electrons. The molecule has 136 valence electrons. The van der Waals surface area contributed by atoms with Gasteiger partial charge in [0, 0.05) is 23.7 Å². The molecule has 0 amide bonds. The highest BCUT2D eigenvalue weighted by molar-refractivity contribution is 7.99. The van der Waals surface area contributed by atoms with E-state index in [1.54, 1.807) is 47.2 Å². The summed E-state index contributed by atoms with van der Waals surface area (Å²) < 4.78 is 28.3. The van der Waals surface area contributed by atoms with Gasteiger partial charge in [-0.05, 0) is 43.5 Å². The van der Waals surface area contributed by atoms with Crippen LogP contribution in [0.15, 0.2) is 75.7 Å². The fraction of sp³-hybridized carbons (Fsp3) is 0.105. The van der Waals surface area contributed by atoms with E-state index in [2.05, 4.69) is 15.1 Å². The molecule has 4 aromatic rings. The van der Waals surface area contributed by atoms with Crippen molar-refractivity contribution >= 4 is 27.2 Å². The highest BCUT2D eigenvalue weighted by Crippen LogP contribution is 2.34. The molecule has 0 saturated carbocycles. The minimum Gasteiger partial charge on any atom is -0.265 e. The molecule has 0 saturated heterocycles. The maximum atomic E-state index is 13.3. The van der Waals surface area contributed by atoms with Crippen molar-refractivity contribution in [1.29, 1.82) is 0 Å². The van der Waals surface area contributed by atoms with Crippen LogP contribution in [0.25, 0.3) is 16.9 Å². The van der Waals surface area contributed by atoms with E-state index >= 15 is 0 Å². The Morgan fingerprint density at radius 2 is 1.74 bits per heavy atom. The number of rotatable bonds is 4. The molecule has 0 fully saturated rings. The molecule has 0 aliphatic heterocycles. The molecule has 6 nitrogen and oxygen atoms in total. The number of hydrogen-bond donors (Lipinski definition) is 0. The van der Waals surface area contributed by atoms with Crippen LogP contribution in [0, 0.1) is 6.92 Å². The van der Waals surface area contributed by atoms with E-state index in [0.717, 1.165) is 11.3 Å². The fourth-order valence-electron chi connectivity index (χ4n) is 2.91. The van der Waals surface area contributed by atoms with Crippen molar-refractivity contribution in [2.45, 2.75) is 21.7 Å². The van der Waals surface area contributed by atoms with Gasteiger partial charge in [0.15, 0.2) is 10.5 Å². The lowest BCUT2D eigenvalue weighted by molar-refractivity contribution is 0.594. The monoisotopic (exact) mass is 396 g/mol. The summed E-state index contributed by atoms with van der Waals surface area (Å²) in [5.41, 5.74) is 2.70. The number of aromatic nitrogens is 4. The number of thioether (sulfide) groups is 1. The van der Waals surface area contributed by atoms with Crippen LogP contribution in [0.4, 0.5) is 0 Å². The number of pyridine rings is 1. The first-order valence-electron chi connectivity index (χ1n) is 8.17. The smallest absolute Gasteiger partial charge is 0.213 e. The number of nitrogens with zero attached hydrogens (tertiary/aromatic N) is 4. The molecule has 8 heteroatoms. The van der Waals surface area contributed by atoms with E-state index in [0.29, 0.717) is 16.4 Å². The second-order valence-electron chi connectivity index (χ2n) is 5.91. The van der Waals surface area contributed by atoms with Crippen LogP contribution < -0.4 is 0 Å². The third-order valence-electron chi connectivity index (χ3n) is 4.14. The van der Waals surface area contributed by atoms with Gasteiger partial charge in [0.1, 0.15) is 5.03 Å². The van der Waals surface area contributed by atoms with Gasteiger partial charge in [-0.15, -0.1) is 11.8 Å². The zero-order valence-corrected chi connectivity index (χ0v) is 16.3. The quantitative estimate of drug-likeness (QED) is 0.490. The normalized spacial score (nSPS) is 11.8. The van der Waals surface area contributed by atoms with E-state index in [1.165, 1.54) is 11.8 Å². The molecular weight excluding hydrogens is 380 g/mol. The first-order valence-corrected chi connectivity index (χ1v) is 10.9. The van der Waals surface area contributed by atoms with Gasteiger partial charge in [-0.3, -0.25) is 4.98 Å². The molecule has 3 aromatic heterocycles. The van der Waals surface area contributed by atoms with Gasteiger partial charge in [0.25, 0.3) is 0 Å². The maximum absolute atomic E-state index is 13.3. The van der Waals surface area contributed by atoms with Crippen molar-refractivity contribution in [2.24, 2.45) is 0 Å². The summed E-state index contributed by atoms with van der Waals surface area (Å²) in [4.78, 5) is 8.93. The first-order chi connectivity index (χ1) is 13.0. The molecule has 0 bridgehead atoms. The van der Waals surface area contributed by atoms with Crippen LogP contribution in [0.3, 0.4) is 0 Å². The number of hydrogen-bond acceptors (Lipinski definition) is 6. The predicted octanol–water partition coefficient (Wildman–Crippen LogP) is 3.65. The van der Waals surface area contributed by atoms with Crippen molar-refractivity contribution in [2.75, 3.05) is 6.26 Å². The third kappa shape index (κ3) is 3.00. The fourth-order valence-corrected chi connectivity index (χ4v) is 5.33. The van der Waals surface area contributed by atoms with E-state index in [4.69, 9.17) is 0 Å². The van der Waals surface area contributed by atoms with E-state index in [9.17, 15) is 8.42 Å². The summed E-state index contributed by atoms with van der Waals surface area (Å²) in [5, 5.41) is 4.98. The van der Waals surface area contributed by atoms with Gasteiger partial charge in [0.2, 0.25) is 9.84 Å². The van der Waals surface area contributed by atoms with E-state index < -0.39 is 9.84 Å². The van der Waals surface area contributed by atoms with E-state index in [-0.39, 0.29) is 9.79 Å². The Morgan fingerprint density at radius 3 is 2.41 bits per heavy atom. The Bertz CT molecular complexity index is 1220. The molecule has 0 spiro atoms. The number of fused-ring (bicyclic) bond motifs is 1. The lowest BCUT2D eigenvalue weighted by Crippen LogP contribution is -2.04. The molecule has 0 unspecified atom stereocenters. The zero-order chi connectivity index (χ0) is 19.0. The molecule has 27 heavy (non-hydrogen) atoms. The van der Waals surface area contributed by atoms with Crippen LogP contribution in [-0.2, 0) is 9.84 Å². The number of aryl methyl sites for hydroxylation is 1. The largest absolute Gasteiger partial charge is 0.265 e. The molecule has 0 atom stereocenters. The Kier molecular flexibility index (Phi) is 4.45. The molecule has 3 heterocycles. The van der Waals surface area contributed by atoms with Crippen molar-refractivity contribution in [3.05, 3.63) is 66.6 Å². The summed E-state index contributed by atoms with van der Waals surface area (Å²) in [6, 6.07) is 14.0. The third-order valence-corrected chi connectivity index (χ3v) is 6.74. The minimum absolute atomic E-state index is 0.139. The highest BCUT2D eigenvalue weighted by Gasteiger charge is 2.29. The van der Waals surface area contributed by atoms with Gasteiger partial charge in [0.05, 0.1) is 10.6 Å². The Balaban J connectivity index is 2.07. The van der Waals surface area contributed by atoms with Crippen LogP contribution in [-0.4, -0.2) is 34.3 Å². The average Bonchev–Trinajstić information content (AvgIpc) is 3.08. The second kappa shape index (κ2) is 6.79. The van der Waals surface area contributed by atoms with Gasteiger partial charge in [-0.2, -0.15) is 5.10 Å². The van der Waals surface area contributed by atoms with Gasteiger partial charge in [-0.1, -0.05) is 18.2 Å². The maximum Gasteiger partial charge on any atom is 0.213 e. The summed E-state index contributed by atoms with van der Waals surface area (Å²) in [5.74, 6) is 0. The van der Waals surface area contributed by atoms with Crippen LogP contribution in [0.5, 0.6) is 0 Å². The van der Waals surface area contributed by atoms with Gasteiger partial charge >= 0.3 is 0 Å².